The van der Waals surface area contributed by atoms with Crippen LogP contribution in [0.2, 0.25) is 0 Å². The van der Waals surface area contributed by atoms with Crippen molar-refractivity contribution in [2.24, 2.45) is 11.5 Å². The monoisotopic (exact) mass is 442 g/mol. The van der Waals surface area contributed by atoms with Crippen LogP contribution in [0.4, 0.5) is 0 Å². The molecule has 5 N–H and O–H groups in total. The Hall–Kier alpha value is -2.04. The molecule has 0 amide bonds. The van der Waals surface area contributed by atoms with Crippen molar-refractivity contribution < 1.29 is 0 Å². The van der Waals surface area contributed by atoms with Crippen LogP contribution in [-0.4, -0.2) is 37.6 Å². The minimum absolute atomic E-state index is 0.0685. The lowest BCUT2D eigenvalue weighted by Crippen LogP contribution is -2.39. The summed E-state index contributed by atoms with van der Waals surface area (Å²) < 4.78 is 0. The number of aryl methyl sites for hydroxylation is 2. The van der Waals surface area contributed by atoms with Crippen molar-refractivity contribution >= 4 is 0 Å². The molecule has 0 aromatic heterocycles. The zero-order valence-electron chi connectivity index (χ0n) is 21.9. The number of benzene rings is 1. The third-order valence-corrected chi connectivity index (χ3v) is 5.95. The van der Waals surface area contributed by atoms with Gasteiger partial charge in [-0.15, -0.1) is 0 Å². The molecule has 0 saturated heterocycles. The number of likely N-dealkylation sites (N-methyl/N-ethyl adjacent to an activating group) is 1. The molecule has 0 spiro atoms. The van der Waals surface area contributed by atoms with Gasteiger partial charge in [-0.25, -0.2) is 0 Å². The van der Waals surface area contributed by atoms with Gasteiger partial charge in [-0.1, -0.05) is 70.5 Å². The molecular weight excluding hydrogens is 392 g/mol. The number of nitrogens with one attached hydrogen (secondary N) is 1. The van der Waals surface area contributed by atoms with Crippen molar-refractivity contribution in [1.29, 1.82) is 0 Å². The van der Waals surface area contributed by atoms with E-state index in [0.717, 1.165) is 25.1 Å². The van der Waals surface area contributed by atoms with Gasteiger partial charge in [0.25, 0.3) is 0 Å². The van der Waals surface area contributed by atoms with Crippen LogP contribution in [0.15, 0.2) is 60.0 Å². The maximum Gasteiger partial charge on any atom is 0.0488 e. The Labute approximate surface area is 198 Å². The summed E-state index contributed by atoms with van der Waals surface area (Å²) >= 11 is 0. The molecule has 0 radical (unpaired) electrons. The molecule has 0 bridgehead atoms. The Kier molecular flexibility index (Phi) is 16.4. The minimum atomic E-state index is 0.0685. The first kappa shape index (κ1) is 30.0. The molecule has 182 valence electrons. The van der Waals surface area contributed by atoms with Crippen molar-refractivity contribution in [2.75, 3.05) is 20.6 Å². The second-order valence-corrected chi connectivity index (χ2v) is 8.38. The number of hydrogen-bond donors (Lipinski definition) is 3. The molecular formula is C28H50N4. The number of nitrogens with two attached hydrogens (primary N) is 2. The summed E-state index contributed by atoms with van der Waals surface area (Å²) in [5.74, 6) is 0. The normalized spacial score (nSPS) is 15.7. The second kappa shape index (κ2) is 17.5. The van der Waals surface area contributed by atoms with E-state index in [4.69, 9.17) is 5.73 Å². The number of hydrogen-bond acceptors (Lipinski definition) is 4. The zero-order chi connectivity index (χ0) is 24.5. The van der Waals surface area contributed by atoms with Crippen molar-refractivity contribution in [3.8, 4) is 0 Å². The highest BCUT2D eigenvalue weighted by atomic mass is 15.2. The summed E-state index contributed by atoms with van der Waals surface area (Å²) in [5.41, 5.74) is 17.2. The number of allylic oxidation sites excluding steroid dienone is 3. The van der Waals surface area contributed by atoms with Crippen LogP contribution >= 0.6 is 0 Å². The van der Waals surface area contributed by atoms with Crippen molar-refractivity contribution in [3.63, 3.8) is 0 Å². The lowest BCUT2D eigenvalue weighted by atomic mass is 9.94. The molecule has 2 unspecified atom stereocenters. The predicted molar refractivity (Wildman–Crippen MR) is 144 cm³/mol. The molecule has 4 nitrogen and oxygen atoms in total. The van der Waals surface area contributed by atoms with E-state index in [1.165, 1.54) is 55.1 Å². The van der Waals surface area contributed by atoms with Crippen molar-refractivity contribution in [2.45, 2.75) is 85.2 Å². The van der Waals surface area contributed by atoms with Gasteiger partial charge in [0.05, 0.1) is 0 Å². The molecule has 4 heteroatoms. The fourth-order valence-electron chi connectivity index (χ4n) is 3.72. The van der Waals surface area contributed by atoms with Gasteiger partial charge in [0.2, 0.25) is 0 Å². The summed E-state index contributed by atoms with van der Waals surface area (Å²) in [4.78, 5) is 2.33. The van der Waals surface area contributed by atoms with Gasteiger partial charge in [-0.3, -0.25) is 0 Å². The minimum Gasteiger partial charge on any atom is -0.385 e. The van der Waals surface area contributed by atoms with Gasteiger partial charge in [-0.05, 0) is 69.4 Å². The van der Waals surface area contributed by atoms with E-state index in [-0.39, 0.29) is 6.04 Å². The van der Waals surface area contributed by atoms with Crippen LogP contribution in [-0.2, 0) is 6.42 Å². The lowest BCUT2D eigenvalue weighted by Gasteiger charge is -2.34. The first-order chi connectivity index (χ1) is 15.3. The number of nitrogens with zero attached hydrogens (tertiary/aromatic N) is 1. The zero-order valence-corrected chi connectivity index (χ0v) is 21.9. The average molecular weight is 443 g/mol. The van der Waals surface area contributed by atoms with Gasteiger partial charge in [-0.2, -0.15) is 0 Å². The van der Waals surface area contributed by atoms with Crippen LogP contribution in [0.25, 0.3) is 0 Å². The SMILES string of the molecule is C=C(NCCCC)C1=CC=C(N(C)C(C)CCC)C(N)C1.CCc1ccccc1C.CN. The van der Waals surface area contributed by atoms with E-state index in [2.05, 4.69) is 101 Å². The van der Waals surface area contributed by atoms with E-state index in [1.807, 2.05) is 0 Å². The Balaban J connectivity index is 0.000000723. The van der Waals surface area contributed by atoms with Crippen molar-refractivity contribution in [1.82, 2.24) is 10.2 Å². The fourth-order valence-corrected chi connectivity index (χ4v) is 3.72. The molecule has 0 aliphatic heterocycles. The average Bonchev–Trinajstić information content (AvgIpc) is 2.81. The van der Waals surface area contributed by atoms with Crippen LogP contribution in [0.1, 0.15) is 70.9 Å². The Bertz CT molecular complexity index is 705. The highest BCUT2D eigenvalue weighted by molar-refractivity contribution is 5.38. The first-order valence-electron chi connectivity index (χ1n) is 12.3. The highest BCUT2D eigenvalue weighted by Crippen LogP contribution is 2.25. The summed E-state index contributed by atoms with van der Waals surface area (Å²) in [5, 5.41) is 3.40. The number of rotatable bonds is 10. The standard InChI is InChI=1S/C18H33N3.C9H12.CH5N/c1-6-8-12-20-15(4)16-10-11-18(17(19)13-16)21(5)14(3)9-7-2;1-3-9-7-5-4-6-8(9)2;1-2/h10-11,14,17,20H,4,6-9,12-13,19H2,1-3,5H3;4-7H,3H2,1-2H3;2H2,1H3. The van der Waals surface area contributed by atoms with Crippen molar-refractivity contribution in [3.05, 3.63) is 71.1 Å². The van der Waals surface area contributed by atoms with Crippen LogP contribution in [0.3, 0.4) is 0 Å². The maximum atomic E-state index is 6.38. The molecule has 0 heterocycles. The first-order valence-corrected chi connectivity index (χ1v) is 12.3. The molecule has 1 aliphatic rings. The topological polar surface area (TPSA) is 67.3 Å². The third kappa shape index (κ3) is 10.5. The van der Waals surface area contributed by atoms with Gasteiger partial charge in [0.15, 0.2) is 0 Å². The van der Waals surface area contributed by atoms with Gasteiger partial charge >= 0.3 is 0 Å². The van der Waals surface area contributed by atoms with Gasteiger partial charge < -0.3 is 21.7 Å². The second-order valence-electron chi connectivity index (χ2n) is 8.38. The summed E-state index contributed by atoms with van der Waals surface area (Å²) in [6.45, 7) is 16.2. The van der Waals surface area contributed by atoms with E-state index >= 15 is 0 Å². The van der Waals surface area contributed by atoms with Gasteiger partial charge in [0, 0.05) is 37.1 Å². The molecule has 1 aromatic carbocycles. The number of unbranched alkanes of at least 4 members (excludes halogenated alkanes) is 1. The van der Waals surface area contributed by atoms with Gasteiger partial charge in [0.1, 0.15) is 0 Å². The smallest absolute Gasteiger partial charge is 0.0488 e. The molecule has 2 rings (SSSR count). The van der Waals surface area contributed by atoms with Crippen LogP contribution < -0.4 is 16.8 Å². The quantitative estimate of drug-likeness (QED) is 0.408. The fraction of sp³-hybridized carbons (Fsp3) is 0.571. The maximum absolute atomic E-state index is 6.38. The summed E-state index contributed by atoms with van der Waals surface area (Å²) in [7, 11) is 3.65. The summed E-state index contributed by atoms with van der Waals surface area (Å²) in [6.07, 6.45) is 11.1. The molecule has 32 heavy (non-hydrogen) atoms. The summed E-state index contributed by atoms with van der Waals surface area (Å²) in [6, 6.07) is 9.10. The van der Waals surface area contributed by atoms with E-state index < -0.39 is 0 Å². The molecule has 2 atom stereocenters. The highest BCUT2D eigenvalue weighted by Gasteiger charge is 2.22. The van der Waals surface area contributed by atoms with Crippen LogP contribution in [0, 0.1) is 6.92 Å². The van der Waals surface area contributed by atoms with E-state index in [1.54, 1.807) is 0 Å². The molecule has 0 saturated carbocycles. The molecule has 1 aliphatic carbocycles. The molecule has 0 fully saturated rings. The Morgan fingerprint density at radius 3 is 2.31 bits per heavy atom. The van der Waals surface area contributed by atoms with Crippen LogP contribution in [0.5, 0.6) is 0 Å². The van der Waals surface area contributed by atoms with E-state index in [9.17, 15) is 0 Å². The largest absolute Gasteiger partial charge is 0.385 e. The van der Waals surface area contributed by atoms with E-state index in [0.29, 0.717) is 6.04 Å². The third-order valence-electron chi connectivity index (χ3n) is 5.95. The predicted octanol–water partition coefficient (Wildman–Crippen LogP) is 5.68. The Morgan fingerprint density at radius 1 is 1.16 bits per heavy atom. The Morgan fingerprint density at radius 2 is 1.81 bits per heavy atom. The molecule has 1 aromatic rings. The lowest BCUT2D eigenvalue weighted by molar-refractivity contribution is 0.286.